The molecule has 0 unspecified atom stereocenters. The molecule has 2 rings (SSSR count). The van der Waals surface area contributed by atoms with Gasteiger partial charge in [0.2, 0.25) is 0 Å². The van der Waals surface area contributed by atoms with Gasteiger partial charge in [-0.25, -0.2) is 0 Å². The van der Waals surface area contributed by atoms with Crippen LogP contribution in [0.1, 0.15) is 32.3 Å². The van der Waals surface area contributed by atoms with Crippen molar-refractivity contribution in [1.82, 2.24) is 4.90 Å². The number of nitrogen functional groups attached to an aromatic ring is 1. The summed E-state index contributed by atoms with van der Waals surface area (Å²) in [6.45, 7) is 8.24. The van der Waals surface area contributed by atoms with Gasteiger partial charge in [0.05, 0.1) is 0 Å². The molecule has 88 valence electrons. The summed E-state index contributed by atoms with van der Waals surface area (Å²) in [5.74, 6) is 0. The van der Waals surface area contributed by atoms with Crippen LogP contribution in [0.15, 0.2) is 24.3 Å². The first kappa shape index (κ1) is 11.5. The molecule has 1 aromatic rings. The Morgan fingerprint density at radius 2 is 1.69 bits per heavy atom. The number of benzene rings is 1. The molecule has 16 heavy (non-hydrogen) atoms. The lowest BCUT2D eigenvalue weighted by molar-refractivity contribution is 0.127. The smallest absolute Gasteiger partial charge is 0.0314 e. The van der Waals surface area contributed by atoms with Crippen LogP contribution >= 0.6 is 0 Å². The Morgan fingerprint density at radius 1 is 1.12 bits per heavy atom. The van der Waals surface area contributed by atoms with E-state index in [0.29, 0.717) is 5.41 Å². The highest BCUT2D eigenvalue weighted by atomic mass is 15.1. The van der Waals surface area contributed by atoms with E-state index in [0.717, 1.165) is 12.2 Å². The molecular formula is C14H22N2. The zero-order valence-corrected chi connectivity index (χ0v) is 10.4. The molecule has 2 N–H and O–H groups in total. The van der Waals surface area contributed by atoms with E-state index in [-0.39, 0.29) is 0 Å². The summed E-state index contributed by atoms with van der Waals surface area (Å²) in [6.07, 6.45) is 2.62. The molecule has 1 aliphatic rings. The van der Waals surface area contributed by atoms with Crippen LogP contribution in [0.3, 0.4) is 0 Å². The fraction of sp³-hybridized carbons (Fsp3) is 0.571. The van der Waals surface area contributed by atoms with Crippen LogP contribution in [-0.2, 0) is 6.54 Å². The summed E-state index contributed by atoms with van der Waals surface area (Å²) in [5, 5.41) is 0. The predicted molar refractivity (Wildman–Crippen MR) is 69.1 cm³/mol. The summed E-state index contributed by atoms with van der Waals surface area (Å²) in [4.78, 5) is 2.54. The molecule has 0 saturated carbocycles. The molecule has 1 saturated heterocycles. The summed E-state index contributed by atoms with van der Waals surface area (Å²) < 4.78 is 0. The number of anilines is 1. The van der Waals surface area contributed by atoms with Gasteiger partial charge in [-0.3, -0.25) is 4.90 Å². The second kappa shape index (κ2) is 4.46. The first-order valence-corrected chi connectivity index (χ1v) is 6.12. The third-order valence-electron chi connectivity index (χ3n) is 3.60. The molecule has 2 heteroatoms. The van der Waals surface area contributed by atoms with Crippen LogP contribution in [0.2, 0.25) is 0 Å². The minimum absolute atomic E-state index is 0.539. The van der Waals surface area contributed by atoms with Crippen molar-refractivity contribution in [3.05, 3.63) is 29.8 Å². The van der Waals surface area contributed by atoms with Crippen molar-refractivity contribution in [2.24, 2.45) is 5.41 Å². The summed E-state index contributed by atoms with van der Waals surface area (Å²) in [6, 6.07) is 8.25. The van der Waals surface area contributed by atoms with E-state index >= 15 is 0 Å². The normalized spacial score (nSPS) is 20.9. The van der Waals surface area contributed by atoms with Gasteiger partial charge in [0.25, 0.3) is 0 Å². The molecular weight excluding hydrogens is 196 g/mol. The second-order valence-corrected chi connectivity index (χ2v) is 5.68. The van der Waals surface area contributed by atoms with Crippen LogP contribution in [-0.4, -0.2) is 18.0 Å². The zero-order chi connectivity index (χ0) is 11.6. The number of hydrogen-bond donors (Lipinski definition) is 1. The Hall–Kier alpha value is -1.02. The fourth-order valence-corrected chi connectivity index (χ4v) is 2.20. The largest absolute Gasteiger partial charge is 0.399 e. The molecule has 2 nitrogen and oxygen atoms in total. The van der Waals surface area contributed by atoms with Crippen molar-refractivity contribution in [3.8, 4) is 0 Å². The lowest BCUT2D eigenvalue weighted by Gasteiger charge is -2.36. The van der Waals surface area contributed by atoms with E-state index in [1.165, 1.54) is 31.5 Å². The van der Waals surface area contributed by atoms with Gasteiger partial charge in [-0.1, -0.05) is 26.0 Å². The third kappa shape index (κ3) is 2.99. The maximum absolute atomic E-state index is 5.68. The van der Waals surface area contributed by atoms with E-state index in [9.17, 15) is 0 Å². The minimum Gasteiger partial charge on any atom is -0.399 e. The summed E-state index contributed by atoms with van der Waals surface area (Å²) >= 11 is 0. The average Bonchev–Trinajstić information content (AvgIpc) is 2.24. The average molecular weight is 218 g/mol. The lowest BCUT2D eigenvalue weighted by atomic mass is 9.82. The van der Waals surface area contributed by atoms with Crippen LogP contribution in [0, 0.1) is 5.41 Å². The first-order chi connectivity index (χ1) is 7.55. The zero-order valence-electron chi connectivity index (χ0n) is 10.4. The molecule has 0 bridgehead atoms. The van der Waals surface area contributed by atoms with E-state index in [1.54, 1.807) is 0 Å². The van der Waals surface area contributed by atoms with Gasteiger partial charge in [0, 0.05) is 12.2 Å². The maximum Gasteiger partial charge on any atom is 0.0314 e. The molecule has 0 aliphatic carbocycles. The first-order valence-electron chi connectivity index (χ1n) is 6.12. The number of hydrogen-bond acceptors (Lipinski definition) is 2. The SMILES string of the molecule is CC1(C)CCN(Cc2ccc(N)cc2)CC1. The van der Waals surface area contributed by atoms with Crippen LogP contribution in [0.25, 0.3) is 0 Å². The Labute approximate surface area is 98.4 Å². The van der Waals surface area contributed by atoms with Gasteiger partial charge in [0.15, 0.2) is 0 Å². The fourth-order valence-electron chi connectivity index (χ4n) is 2.20. The molecule has 0 radical (unpaired) electrons. The van der Waals surface area contributed by atoms with E-state index in [1.807, 2.05) is 12.1 Å². The lowest BCUT2D eigenvalue weighted by Crippen LogP contribution is -2.36. The minimum atomic E-state index is 0.539. The van der Waals surface area contributed by atoms with Crippen molar-refractivity contribution < 1.29 is 0 Å². The molecule has 1 fully saturated rings. The van der Waals surface area contributed by atoms with Gasteiger partial charge >= 0.3 is 0 Å². The maximum atomic E-state index is 5.68. The predicted octanol–water partition coefficient (Wildman–Crippen LogP) is 2.89. The molecule has 0 aromatic heterocycles. The molecule has 0 atom stereocenters. The number of piperidine rings is 1. The van der Waals surface area contributed by atoms with Crippen molar-refractivity contribution in [2.45, 2.75) is 33.2 Å². The quantitative estimate of drug-likeness (QED) is 0.773. The molecule has 1 aliphatic heterocycles. The number of nitrogens with two attached hydrogens (primary N) is 1. The monoisotopic (exact) mass is 218 g/mol. The standard InChI is InChI=1S/C14H22N2/c1-14(2)7-9-16(10-8-14)11-12-3-5-13(15)6-4-12/h3-6H,7-11,15H2,1-2H3. The third-order valence-corrected chi connectivity index (χ3v) is 3.60. The van der Waals surface area contributed by atoms with Crippen molar-refractivity contribution in [3.63, 3.8) is 0 Å². The van der Waals surface area contributed by atoms with E-state index in [4.69, 9.17) is 5.73 Å². The Bertz CT molecular complexity index is 330. The molecule has 1 heterocycles. The Morgan fingerprint density at radius 3 is 2.25 bits per heavy atom. The topological polar surface area (TPSA) is 29.3 Å². The number of rotatable bonds is 2. The van der Waals surface area contributed by atoms with Crippen molar-refractivity contribution >= 4 is 5.69 Å². The number of nitrogens with zero attached hydrogens (tertiary/aromatic N) is 1. The van der Waals surface area contributed by atoms with E-state index in [2.05, 4.69) is 30.9 Å². The summed E-state index contributed by atoms with van der Waals surface area (Å²) in [7, 11) is 0. The van der Waals surface area contributed by atoms with Gasteiger partial charge < -0.3 is 5.73 Å². The highest BCUT2D eigenvalue weighted by Crippen LogP contribution is 2.30. The van der Waals surface area contributed by atoms with Crippen molar-refractivity contribution in [1.29, 1.82) is 0 Å². The van der Waals surface area contributed by atoms with Crippen LogP contribution in [0.4, 0.5) is 5.69 Å². The van der Waals surface area contributed by atoms with Gasteiger partial charge in [-0.15, -0.1) is 0 Å². The van der Waals surface area contributed by atoms with Crippen LogP contribution in [0.5, 0.6) is 0 Å². The second-order valence-electron chi connectivity index (χ2n) is 5.68. The highest BCUT2D eigenvalue weighted by molar-refractivity contribution is 5.39. The van der Waals surface area contributed by atoms with Crippen molar-refractivity contribution in [2.75, 3.05) is 18.8 Å². The number of likely N-dealkylation sites (tertiary alicyclic amines) is 1. The highest BCUT2D eigenvalue weighted by Gasteiger charge is 2.24. The molecule has 0 amide bonds. The molecule has 1 aromatic carbocycles. The Balaban J connectivity index is 1.89. The summed E-state index contributed by atoms with van der Waals surface area (Å²) in [5.41, 5.74) is 8.44. The Kier molecular flexibility index (Phi) is 3.20. The van der Waals surface area contributed by atoms with Gasteiger partial charge in [-0.2, -0.15) is 0 Å². The van der Waals surface area contributed by atoms with Gasteiger partial charge in [0.1, 0.15) is 0 Å². The van der Waals surface area contributed by atoms with E-state index < -0.39 is 0 Å². The van der Waals surface area contributed by atoms with Crippen LogP contribution < -0.4 is 5.73 Å². The van der Waals surface area contributed by atoms with Gasteiger partial charge in [-0.05, 0) is 49.0 Å². The molecule has 0 spiro atoms.